The average molecular weight is 305 g/mol. The third-order valence-electron chi connectivity index (χ3n) is 2.45. The van der Waals surface area contributed by atoms with Crippen molar-refractivity contribution in [3.63, 3.8) is 0 Å². The Morgan fingerprint density at radius 2 is 2.05 bits per heavy atom. The van der Waals surface area contributed by atoms with E-state index in [1.165, 1.54) is 26.4 Å². The molecule has 0 aromatic heterocycles. The first kappa shape index (κ1) is 16.2. The number of benzene rings is 1. The van der Waals surface area contributed by atoms with Gasteiger partial charge in [-0.25, -0.2) is 12.8 Å². The molecule has 0 atom stereocenters. The standard InChI is InChI=1S/C12H16FNO5S/c1-18-11-8-9(5-6-10(11)13)14-20(16,17)7-3-4-12(15)19-2/h5-6,8,14H,3-4,7H2,1-2H3. The second-order valence-corrected chi connectivity index (χ2v) is 5.79. The van der Waals surface area contributed by atoms with Crippen molar-refractivity contribution in [2.24, 2.45) is 0 Å². The van der Waals surface area contributed by atoms with Crippen LogP contribution in [0, 0.1) is 5.82 Å². The first-order chi connectivity index (χ1) is 9.38. The van der Waals surface area contributed by atoms with Crippen LogP contribution in [0.5, 0.6) is 5.75 Å². The molecule has 1 aromatic rings. The number of esters is 1. The minimum Gasteiger partial charge on any atom is -0.494 e. The number of ether oxygens (including phenoxy) is 2. The number of hydrogen-bond donors (Lipinski definition) is 1. The van der Waals surface area contributed by atoms with E-state index in [0.29, 0.717) is 0 Å². The van der Waals surface area contributed by atoms with Gasteiger partial charge in [0.05, 0.1) is 25.7 Å². The van der Waals surface area contributed by atoms with Crippen LogP contribution in [0.2, 0.25) is 0 Å². The number of halogens is 1. The van der Waals surface area contributed by atoms with Crippen molar-refractivity contribution in [2.45, 2.75) is 12.8 Å². The lowest BCUT2D eigenvalue weighted by molar-refractivity contribution is -0.140. The highest BCUT2D eigenvalue weighted by Crippen LogP contribution is 2.22. The van der Waals surface area contributed by atoms with Crippen molar-refractivity contribution in [1.82, 2.24) is 0 Å². The van der Waals surface area contributed by atoms with Crippen LogP contribution in [0.1, 0.15) is 12.8 Å². The minimum atomic E-state index is -3.61. The van der Waals surface area contributed by atoms with Crippen molar-refractivity contribution in [2.75, 3.05) is 24.7 Å². The average Bonchev–Trinajstić information content (AvgIpc) is 2.40. The number of nitrogens with one attached hydrogen (secondary N) is 1. The maximum atomic E-state index is 13.2. The molecular formula is C12H16FNO5S. The van der Waals surface area contributed by atoms with Gasteiger partial charge in [0, 0.05) is 12.5 Å². The second kappa shape index (κ2) is 7.09. The van der Waals surface area contributed by atoms with E-state index in [9.17, 15) is 17.6 Å². The zero-order valence-electron chi connectivity index (χ0n) is 11.2. The van der Waals surface area contributed by atoms with Crippen LogP contribution in [-0.4, -0.2) is 34.4 Å². The van der Waals surface area contributed by atoms with E-state index in [1.54, 1.807) is 0 Å². The smallest absolute Gasteiger partial charge is 0.305 e. The highest BCUT2D eigenvalue weighted by Gasteiger charge is 2.13. The normalized spacial score (nSPS) is 10.9. The van der Waals surface area contributed by atoms with Gasteiger partial charge >= 0.3 is 5.97 Å². The molecular weight excluding hydrogens is 289 g/mol. The Balaban J connectivity index is 2.64. The van der Waals surface area contributed by atoms with Crippen molar-refractivity contribution in [1.29, 1.82) is 0 Å². The summed E-state index contributed by atoms with van der Waals surface area (Å²) in [5.41, 5.74) is 0.196. The number of carbonyl (C=O) groups excluding carboxylic acids is 1. The van der Waals surface area contributed by atoms with Crippen LogP contribution in [0.3, 0.4) is 0 Å². The summed E-state index contributed by atoms with van der Waals surface area (Å²) in [7, 11) is -1.09. The third-order valence-corrected chi connectivity index (χ3v) is 3.82. The van der Waals surface area contributed by atoms with Gasteiger partial charge in [0.1, 0.15) is 0 Å². The van der Waals surface area contributed by atoms with Crippen LogP contribution in [0.15, 0.2) is 18.2 Å². The molecule has 6 nitrogen and oxygen atoms in total. The molecule has 0 unspecified atom stereocenters. The summed E-state index contributed by atoms with van der Waals surface area (Å²) in [4.78, 5) is 10.9. The molecule has 0 aliphatic rings. The number of sulfonamides is 1. The molecule has 0 spiro atoms. The first-order valence-corrected chi connectivity index (χ1v) is 7.44. The predicted octanol–water partition coefficient (Wildman–Crippen LogP) is 1.53. The maximum absolute atomic E-state index is 13.2. The van der Waals surface area contributed by atoms with E-state index in [0.717, 1.165) is 6.07 Å². The van der Waals surface area contributed by atoms with Gasteiger partial charge in [-0.3, -0.25) is 9.52 Å². The summed E-state index contributed by atoms with van der Waals surface area (Å²) in [6.07, 6.45) is 0.157. The molecule has 0 amide bonds. The first-order valence-electron chi connectivity index (χ1n) is 5.79. The van der Waals surface area contributed by atoms with Gasteiger partial charge in [0.2, 0.25) is 10.0 Å². The number of rotatable bonds is 7. The Kier molecular flexibility index (Phi) is 5.75. The highest BCUT2D eigenvalue weighted by atomic mass is 32.2. The van der Waals surface area contributed by atoms with Crippen molar-refractivity contribution >= 4 is 21.7 Å². The molecule has 0 heterocycles. The Labute approximate surface area is 116 Å². The van der Waals surface area contributed by atoms with E-state index in [2.05, 4.69) is 9.46 Å². The number of methoxy groups -OCH3 is 2. The summed E-state index contributed by atoms with van der Waals surface area (Å²) in [6, 6.07) is 3.63. The van der Waals surface area contributed by atoms with Gasteiger partial charge in [-0.2, -0.15) is 0 Å². The Bertz CT molecular complexity index is 573. The molecule has 0 aliphatic carbocycles. The minimum absolute atomic E-state index is 0.0180. The van der Waals surface area contributed by atoms with Gasteiger partial charge in [0.15, 0.2) is 11.6 Å². The quantitative estimate of drug-likeness (QED) is 0.773. The van der Waals surface area contributed by atoms with Crippen LogP contribution in [-0.2, 0) is 19.6 Å². The lowest BCUT2D eigenvalue weighted by Crippen LogP contribution is -2.17. The zero-order chi connectivity index (χ0) is 15.2. The summed E-state index contributed by atoms with van der Waals surface area (Å²) >= 11 is 0. The lowest BCUT2D eigenvalue weighted by atomic mass is 10.3. The summed E-state index contributed by atoms with van der Waals surface area (Å²) in [5.74, 6) is -1.34. The van der Waals surface area contributed by atoms with Crippen molar-refractivity contribution in [3.05, 3.63) is 24.0 Å². The Hall–Kier alpha value is -1.83. The molecule has 0 bridgehead atoms. The van der Waals surface area contributed by atoms with Gasteiger partial charge in [-0.05, 0) is 18.6 Å². The fraction of sp³-hybridized carbons (Fsp3) is 0.417. The molecule has 1 aromatic carbocycles. The molecule has 20 heavy (non-hydrogen) atoms. The Morgan fingerprint density at radius 3 is 2.65 bits per heavy atom. The zero-order valence-corrected chi connectivity index (χ0v) is 12.0. The topological polar surface area (TPSA) is 81.7 Å². The molecule has 1 N–H and O–H groups in total. The van der Waals surface area contributed by atoms with Crippen LogP contribution >= 0.6 is 0 Å². The molecule has 0 saturated carbocycles. The molecule has 112 valence electrons. The van der Waals surface area contributed by atoms with Gasteiger partial charge in [0.25, 0.3) is 0 Å². The van der Waals surface area contributed by atoms with Crippen molar-refractivity contribution < 1.29 is 27.1 Å². The van der Waals surface area contributed by atoms with Crippen molar-refractivity contribution in [3.8, 4) is 5.75 Å². The monoisotopic (exact) mass is 305 g/mol. The van der Waals surface area contributed by atoms with E-state index < -0.39 is 21.8 Å². The fourth-order valence-corrected chi connectivity index (χ4v) is 2.57. The van der Waals surface area contributed by atoms with E-state index in [4.69, 9.17) is 4.74 Å². The molecule has 0 radical (unpaired) electrons. The molecule has 1 rings (SSSR count). The van der Waals surface area contributed by atoms with Gasteiger partial charge < -0.3 is 9.47 Å². The fourth-order valence-electron chi connectivity index (χ4n) is 1.46. The van der Waals surface area contributed by atoms with E-state index >= 15 is 0 Å². The van der Waals surface area contributed by atoms with Gasteiger partial charge in [-0.1, -0.05) is 0 Å². The number of anilines is 1. The molecule has 0 aliphatic heterocycles. The van der Waals surface area contributed by atoms with Crippen LogP contribution in [0.25, 0.3) is 0 Å². The maximum Gasteiger partial charge on any atom is 0.305 e. The molecule has 8 heteroatoms. The van der Waals surface area contributed by atoms with E-state index in [-0.39, 0.29) is 30.0 Å². The van der Waals surface area contributed by atoms with Gasteiger partial charge in [-0.15, -0.1) is 0 Å². The summed E-state index contributed by atoms with van der Waals surface area (Å²) < 4.78 is 48.1. The number of hydrogen-bond acceptors (Lipinski definition) is 5. The summed E-state index contributed by atoms with van der Waals surface area (Å²) in [5, 5.41) is 0. The lowest BCUT2D eigenvalue weighted by Gasteiger charge is -2.09. The Morgan fingerprint density at radius 1 is 1.35 bits per heavy atom. The van der Waals surface area contributed by atoms with E-state index in [1.807, 2.05) is 0 Å². The largest absolute Gasteiger partial charge is 0.494 e. The summed E-state index contributed by atoms with van der Waals surface area (Å²) in [6.45, 7) is 0. The molecule has 0 fully saturated rings. The SMILES string of the molecule is COC(=O)CCCS(=O)(=O)Nc1ccc(F)c(OC)c1. The van der Waals surface area contributed by atoms with Crippen LogP contribution < -0.4 is 9.46 Å². The van der Waals surface area contributed by atoms with Crippen LogP contribution in [0.4, 0.5) is 10.1 Å². The second-order valence-electron chi connectivity index (χ2n) is 3.95. The predicted molar refractivity (Wildman–Crippen MR) is 71.6 cm³/mol. The third kappa shape index (κ3) is 5.04. The molecule has 0 saturated heterocycles. The highest BCUT2D eigenvalue weighted by molar-refractivity contribution is 7.92. The number of carbonyl (C=O) groups is 1.